The SMILES string of the molecule is CNc1cn2ccnc2c(NC2CCN3CCCC3C2)n1. The second-order valence-corrected chi connectivity index (χ2v) is 6.08. The van der Waals surface area contributed by atoms with Gasteiger partial charge < -0.3 is 19.9 Å². The van der Waals surface area contributed by atoms with E-state index in [2.05, 4.69) is 25.5 Å². The van der Waals surface area contributed by atoms with Gasteiger partial charge in [0.05, 0.1) is 6.20 Å². The second kappa shape index (κ2) is 5.18. The number of rotatable bonds is 3. The number of aromatic nitrogens is 3. The van der Waals surface area contributed by atoms with Crippen LogP contribution in [-0.2, 0) is 0 Å². The van der Waals surface area contributed by atoms with E-state index in [1.165, 1.54) is 38.8 Å². The summed E-state index contributed by atoms with van der Waals surface area (Å²) in [6, 6.07) is 1.27. The fraction of sp³-hybridized carbons (Fsp3) is 0.600. The highest BCUT2D eigenvalue weighted by Gasteiger charge is 2.32. The third-order valence-electron chi connectivity index (χ3n) is 4.79. The molecule has 2 aromatic heterocycles. The van der Waals surface area contributed by atoms with Gasteiger partial charge in [0.2, 0.25) is 0 Å². The van der Waals surface area contributed by atoms with Gasteiger partial charge in [0.25, 0.3) is 0 Å². The van der Waals surface area contributed by atoms with Crippen molar-refractivity contribution in [3.63, 3.8) is 0 Å². The average molecular weight is 286 g/mol. The first kappa shape index (κ1) is 12.9. The number of imidazole rings is 1. The summed E-state index contributed by atoms with van der Waals surface area (Å²) in [7, 11) is 1.89. The van der Waals surface area contributed by atoms with Crippen molar-refractivity contribution in [2.75, 3.05) is 30.8 Å². The zero-order chi connectivity index (χ0) is 14.2. The molecule has 0 amide bonds. The van der Waals surface area contributed by atoms with E-state index in [4.69, 9.17) is 0 Å². The Kier molecular flexibility index (Phi) is 3.18. The third-order valence-corrected chi connectivity index (χ3v) is 4.79. The lowest BCUT2D eigenvalue weighted by atomic mass is 9.97. The summed E-state index contributed by atoms with van der Waals surface area (Å²) in [6.45, 7) is 2.49. The number of hydrogen-bond acceptors (Lipinski definition) is 5. The molecule has 4 rings (SSSR count). The van der Waals surface area contributed by atoms with Crippen molar-refractivity contribution in [3.05, 3.63) is 18.6 Å². The molecule has 2 unspecified atom stereocenters. The Morgan fingerprint density at radius 1 is 1.29 bits per heavy atom. The Labute approximate surface area is 124 Å². The topological polar surface area (TPSA) is 57.5 Å². The van der Waals surface area contributed by atoms with Crippen LogP contribution in [0.4, 0.5) is 11.6 Å². The van der Waals surface area contributed by atoms with Gasteiger partial charge in [0.15, 0.2) is 11.5 Å². The minimum absolute atomic E-state index is 0.504. The molecule has 0 saturated carbocycles. The molecule has 0 radical (unpaired) electrons. The van der Waals surface area contributed by atoms with E-state index >= 15 is 0 Å². The van der Waals surface area contributed by atoms with Crippen LogP contribution in [0.1, 0.15) is 25.7 Å². The van der Waals surface area contributed by atoms with Crippen LogP contribution >= 0.6 is 0 Å². The normalized spacial score (nSPS) is 26.0. The molecule has 112 valence electrons. The minimum atomic E-state index is 0.504. The van der Waals surface area contributed by atoms with Gasteiger partial charge in [0.1, 0.15) is 5.82 Å². The number of hydrogen-bond donors (Lipinski definition) is 2. The van der Waals surface area contributed by atoms with E-state index in [9.17, 15) is 0 Å². The molecule has 2 N–H and O–H groups in total. The monoisotopic (exact) mass is 286 g/mol. The van der Waals surface area contributed by atoms with Gasteiger partial charge in [-0.1, -0.05) is 0 Å². The lowest BCUT2D eigenvalue weighted by molar-refractivity contribution is 0.188. The molecule has 4 heterocycles. The molecular weight excluding hydrogens is 264 g/mol. The Morgan fingerprint density at radius 3 is 3.14 bits per heavy atom. The highest BCUT2D eigenvalue weighted by Crippen LogP contribution is 2.29. The minimum Gasteiger partial charge on any atom is -0.372 e. The summed E-state index contributed by atoms with van der Waals surface area (Å²) in [6.07, 6.45) is 10.9. The average Bonchev–Trinajstić information content (AvgIpc) is 3.14. The molecule has 0 spiro atoms. The van der Waals surface area contributed by atoms with Gasteiger partial charge in [-0.15, -0.1) is 0 Å². The number of nitrogens with one attached hydrogen (secondary N) is 2. The zero-order valence-electron chi connectivity index (χ0n) is 12.4. The van der Waals surface area contributed by atoms with Gasteiger partial charge >= 0.3 is 0 Å². The lowest BCUT2D eigenvalue weighted by Crippen LogP contribution is -2.42. The molecule has 2 saturated heterocycles. The number of nitrogens with zero attached hydrogens (tertiary/aromatic N) is 4. The molecular formula is C15H22N6. The first-order valence-corrected chi connectivity index (χ1v) is 7.85. The first-order chi connectivity index (χ1) is 10.3. The quantitative estimate of drug-likeness (QED) is 0.901. The second-order valence-electron chi connectivity index (χ2n) is 6.08. The van der Waals surface area contributed by atoms with E-state index in [0.717, 1.165) is 23.3 Å². The number of anilines is 2. The predicted octanol–water partition coefficient (Wildman–Crippen LogP) is 1.81. The molecule has 6 heteroatoms. The summed E-state index contributed by atoms with van der Waals surface area (Å²) in [5.74, 6) is 1.75. The maximum Gasteiger partial charge on any atom is 0.180 e. The van der Waals surface area contributed by atoms with Crippen molar-refractivity contribution in [2.24, 2.45) is 0 Å². The lowest BCUT2D eigenvalue weighted by Gasteiger charge is -2.35. The largest absolute Gasteiger partial charge is 0.372 e. The molecule has 0 aromatic carbocycles. The summed E-state index contributed by atoms with van der Waals surface area (Å²) in [4.78, 5) is 11.7. The van der Waals surface area contributed by atoms with Crippen molar-refractivity contribution in [1.82, 2.24) is 19.3 Å². The molecule has 2 aliphatic rings. The van der Waals surface area contributed by atoms with Crippen LogP contribution in [0.25, 0.3) is 5.65 Å². The van der Waals surface area contributed by atoms with Gasteiger partial charge in [-0.2, -0.15) is 0 Å². The summed E-state index contributed by atoms with van der Waals surface area (Å²) in [5, 5.41) is 6.75. The Morgan fingerprint density at radius 2 is 2.24 bits per heavy atom. The summed E-state index contributed by atoms with van der Waals surface area (Å²) in [5.41, 5.74) is 0.905. The van der Waals surface area contributed by atoms with Crippen molar-refractivity contribution >= 4 is 17.3 Å². The standard InChI is InChI=1S/C15H22N6/c1-16-13-10-21-8-5-17-15(21)14(19-13)18-11-4-7-20-6-2-3-12(20)9-11/h5,8,10-12,16H,2-4,6-7,9H2,1H3,(H,18,19). The van der Waals surface area contributed by atoms with Crippen LogP contribution < -0.4 is 10.6 Å². The van der Waals surface area contributed by atoms with Gasteiger partial charge in [-0.3, -0.25) is 0 Å². The van der Waals surface area contributed by atoms with Crippen LogP contribution in [0.15, 0.2) is 18.6 Å². The van der Waals surface area contributed by atoms with Crippen molar-refractivity contribution in [2.45, 2.75) is 37.8 Å². The van der Waals surface area contributed by atoms with E-state index < -0.39 is 0 Å². The molecule has 2 atom stereocenters. The summed E-state index contributed by atoms with van der Waals surface area (Å²) < 4.78 is 2.02. The Hall–Kier alpha value is -1.82. The first-order valence-electron chi connectivity index (χ1n) is 7.85. The van der Waals surface area contributed by atoms with Gasteiger partial charge in [-0.05, 0) is 32.2 Å². The maximum atomic E-state index is 4.65. The molecule has 2 aromatic rings. The highest BCUT2D eigenvalue weighted by molar-refractivity contribution is 5.65. The van der Waals surface area contributed by atoms with Gasteiger partial charge in [0, 0.05) is 38.1 Å². The van der Waals surface area contributed by atoms with Gasteiger partial charge in [-0.25, -0.2) is 9.97 Å². The molecule has 0 aliphatic carbocycles. The Balaban J connectivity index is 1.57. The van der Waals surface area contributed by atoms with Crippen molar-refractivity contribution in [3.8, 4) is 0 Å². The van der Waals surface area contributed by atoms with Crippen LogP contribution in [0.2, 0.25) is 0 Å². The van der Waals surface area contributed by atoms with Crippen LogP contribution in [-0.4, -0.2) is 51.5 Å². The molecule has 21 heavy (non-hydrogen) atoms. The fourth-order valence-corrected chi connectivity index (χ4v) is 3.70. The number of piperidine rings is 1. The summed E-state index contributed by atoms with van der Waals surface area (Å²) >= 11 is 0. The van der Waals surface area contributed by atoms with Crippen LogP contribution in [0.3, 0.4) is 0 Å². The third kappa shape index (κ3) is 2.33. The van der Waals surface area contributed by atoms with Crippen molar-refractivity contribution < 1.29 is 0 Å². The Bertz CT molecular complexity index is 636. The molecule has 2 fully saturated rings. The zero-order valence-corrected chi connectivity index (χ0v) is 12.4. The van der Waals surface area contributed by atoms with Crippen LogP contribution in [0, 0.1) is 0 Å². The highest BCUT2D eigenvalue weighted by atomic mass is 15.2. The van der Waals surface area contributed by atoms with E-state index in [1.54, 1.807) is 0 Å². The number of fused-ring (bicyclic) bond motifs is 2. The molecule has 2 aliphatic heterocycles. The van der Waals surface area contributed by atoms with E-state index in [-0.39, 0.29) is 0 Å². The van der Waals surface area contributed by atoms with Crippen LogP contribution in [0.5, 0.6) is 0 Å². The predicted molar refractivity (Wildman–Crippen MR) is 83.8 cm³/mol. The fourth-order valence-electron chi connectivity index (χ4n) is 3.70. The smallest absolute Gasteiger partial charge is 0.180 e. The van der Waals surface area contributed by atoms with E-state index in [0.29, 0.717) is 6.04 Å². The van der Waals surface area contributed by atoms with E-state index in [1.807, 2.05) is 30.0 Å². The molecule has 0 bridgehead atoms. The van der Waals surface area contributed by atoms with Crippen molar-refractivity contribution in [1.29, 1.82) is 0 Å². The molecule has 6 nitrogen and oxygen atoms in total. The maximum absolute atomic E-state index is 4.65.